The van der Waals surface area contributed by atoms with E-state index in [9.17, 15) is 9.59 Å². The Labute approximate surface area is 99.1 Å². The van der Waals surface area contributed by atoms with Gasteiger partial charge in [-0.15, -0.1) is 0 Å². The Morgan fingerprint density at radius 3 is 2.65 bits per heavy atom. The molecular weight excluding hydrogens is 218 g/mol. The van der Waals surface area contributed by atoms with Crippen LogP contribution in [0, 0.1) is 11.3 Å². The molecule has 17 heavy (non-hydrogen) atoms. The highest BCUT2D eigenvalue weighted by molar-refractivity contribution is 5.98. The number of ether oxygens (including phenoxy) is 1. The number of ketones is 1. The molecule has 0 unspecified atom stereocenters. The van der Waals surface area contributed by atoms with Crippen LogP contribution in [-0.2, 0) is 9.53 Å². The smallest absolute Gasteiger partial charge is 0.348 e. The second-order valence-corrected chi connectivity index (χ2v) is 3.34. The largest absolute Gasteiger partial charge is 0.465 e. The highest BCUT2D eigenvalue weighted by Gasteiger charge is 2.08. The van der Waals surface area contributed by atoms with Crippen molar-refractivity contribution in [2.75, 3.05) is 7.11 Å². The molecule has 1 rings (SSSR count). The van der Waals surface area contributed by atoms with E-state index in [2.05, 4.69) is 4.74 Å². The first-order valence-corrected chi connectivity index (χ1v) is 4.89. The Balaban J connectivity index is 3.13. The van der Waals surface area contributed by atoms with Crippen molar-refractivity contribution in [1.82, 2.24) is 0 Å². The second kappa shape index (κ2) is 5.61. The molecule has 0 bridgehead atoms. The molecular formula is C13H11NO3. The summed E-state index contributed by atoms with van der Waals surface area (Å²) in [6.07, 6.45) is 1.39. The number of rotatable bonds is 3. The van der Waals surface area contributed by atoms with E-state index < -0.39 is 5.97 Å². The minimum atomic E-state index is -0.694. The van der Waals surface area contributed by atoms with Gasteiger partial charge in [0.25, 0.3) is 0 Å². The Morgan fingerprint density at radius 1 is 1.41 bits per heavy atom. The van der Waals surface area contributed by atoms with Crippen LogP contribution in [0.5, 0.6) is 0 Å². The van der Waals surface area contributed by atoms with Crippen molar-refractivity contribution in [3.8, 4) is 6.07 Å². The van der Waals surface area contributed by atoms with Gasteiger partial charge in [0, 0.05) is 5.56 Å². The molecule has 0 atom stereocenters. The fourth-order valence-electron chi connectivity index (χ4n) is 1.26. The van der Waals surface area contributed by atoms with Gasteiger partial charge < -0.3 is 4.74 Å². The molecule has 0 saturated carbocycles. The van der Waals surface area contributed by atoms with Crippen molar-refractivity contribution < 1.29 is 14.3 Å². The highest BCUT2D eigenvalue weighted by Crippen LogP contribution is 2.11. The fraction of sp³-hybridized carbons (Fsp3) is 0.154. The SMILES string of the molecule is COC(=O)/C(C#N)=C/c1cccc(C(C)=O)c1. The zero-order valence-corrected chi connectivity index (χ0v) is 9.56. The van der Waals surface area contributed by atoms with Crippen molar-refractivity contribution in [3.63, 3.8) is 0 Å². The van der Waals surface area contributed by atoms with E-state index in [1.807, 2.05) is 0 Å². The van der Waals surface area contributed by atoms with Crippen LogP contribution in [0.2, 0.25) is 0 Å². The fourth-order valence-corrected chi connectivity index (χ4v) is 1.26. The predicted octanol–water partition coefficient (Wildman–Crippen LogP) is 1.97. The molecule has 1 aromatic carbocycles. The van der Waals surface area contributed by atoms with Crippen molar-refractivity contribution in [3.05, 3.63) is 41.0 Å². The van der Waals surface area contributed by atoms with E-state index in [0.717, 1.165) is 0 Å². The lowest BCUT2D eigenvalue weighted by molar-refractivity contribution is -0.135. The summed E-state index contributed by atoms with van der Waals surface area (Å²) in [6, 6.07) is 8.43. The number of carbonyl (C=O) groups excluding carboxylic acids is 2. The second-order valence-electron chi connectivity index (χ2n) is 3.34. The summed E-state index contributed by atoms with van der Waals surface area (Å²) in [4.78, 5) is 22.4. The van der Waals surface area contributed by atoms with Gasteiger partial charge in [-0.3, -0.25) is 4.79 Å². The molecule has 0 radical (unpaired) electrons. The number of hydrogen-bond donors (Lipinski definition) is 0. The number of nitriles is 1. The summed E-state index contributed by atoms with van der Waals surface area (Å²) in [5, 5.41) is 8.78. The van der Waals surface area contributed by atoms with E-state index in [0.29, 0.717) is 11.1 Å². The predicted molar refractivity (Wildman–Crippen MR) is 62.1 cm³/mol. The number of carbonyl (C=O) groups is 2. The van der Waals surface area contributed by atoms with Gasteiger partial charge in [-0.1, -0.05) is 18.2 Å². The molecule has 0 heterocycles. The van der Waals surface area contributed by atoms with Crippen LogP contribution in [0.25, 0.3) is 6.08 Å². The van der Waals surface area contributed by atoms with Gasteiger partial charge in [-0.2, -0.15) is 5.26 Å². The minimum absolute atomic E-state index is 0.0724. The van der Waals surface area contributed by atoms with E-state index >= 15 is 0 Å². The lowest BCUT2D eigenvalue weighted by Crippen LogP contribution is -2.02. The standard InChI is InChI=1S/C13H11NO3/c1-9(15)11-5-3-4-10(6-11)7-12(8-14)13(16)17-2/h3-7H,1-2H3/b12-7+. The average Bonchev–Trinajstić information content (AvgIpc) is 2.35. The molecule has 1 aromatic rings. The number of esters is 1. The van der Waals surface area contributed by atoms with Crippen LogP contribution >= 0.6 is 0 Å². The molecule has 0 saturated heterocycles. The molecule has 0 aromatic heterocycles. The number of benzene rings is 1. The molecule has 4 heteroatoms. The number of Topliss-reactive ketones (excluding diaryl/α,β-unsaturated/α-hetero) is 1. The maximum Gasteiger partial charge on any atom is 0.348 e. The average molecular weight is 229 g/mol. The number of hydrogen-bond acceptors (Lipinski definition) is 4. The summed E-state index contributed by atoms with van der Waals surface area (Å²) in [5.74, 6) is -0.766. The van der Waals surface area contributed by atoms with Gasteiger partial charge in [0.15, 0.2) is 5.78 Å². The Morgan fingerprint density at radius 2 is 2.12 bits per heavy atom. The molecule has 0 aliphatic rings. The third-order valence-corrected chi connectivity index (χ3v) is 2.13. The first-order valence-electron chi connectivity index (χ1n) is 4.89. The zero-order valence-electron chi connectivity index (χ0n) is 9.56. The monoisotopic (exact) mass is 229 g/mol. The summed E-state index contributed by atoms with van der Waals surface area (Å²) >= 11 is 0. The zero-order chi connectivity index (χ0) is 12.8. The maximum atomic E-state index is 11.2. The Bertz CT molecular complexity index is 524. The van der Waals surface area contributed by atoms with Gasteiger partial charge in [0.2, 0.25) is 0 Å². The summed E-state index contributed by atoms with van der Waals surface area (Å²) in [7, 11) is 1.21. The van der Waals surface area contributed by atoms with Crippen LogP contribution < -0.4 is 0 Å². The van der Waals surface area contributed by atoms with Crippen LogP contribution in [0.15, 0.2) is 29.8 Å². The van der Waals surface area contributed by atoms with Crippen LogP contribution in [-0.4, -0.2) is 18.9 Å². The van der Waals surface area contributed by atoms with Crippen LogP contribution in [0.1, 0.15) is 22.8 Å². The summed E-state index contributed by atoms with van der Waals surface area (Å²) < 4.78 is 4.46. The van der Waals surface area contributed by atoms with Crippen molar-refractivity contribution in [2.45, 2.75) is 6.92 Å². The quantitative estimate of drug-likeness (QED) is 0.344. The Hall–Kier alpha value is -2.41. The summed E-state index contributed by atoms with van der Waals surface area (Å²) in [5.41, 5.74) is 1.04. The molecule has 0 fully saturated rings. The molecule has 4 nitrogen and oxygen atoms in total. The van der Waals surface area contributed by atoms with E-state index in [-0.39, 0.29) is 11.4 Å². The maximum absolute atomic E-state index is 11.2. The third-order valence-electron chi connectivity index (χ3n) is 2.13. The van der Waals surface area contributed by atoms with Crippen molar-refractivity contribution in [2.24, 2.45) is 0 Å². The first-order chi connectivity index (χ1) is 8.08. The van der Waals surface area contributed by atoms with Gasteiger partial charge in [0.05, 0.1) is 7.11 Å². The lowest BCUT2D eigenvalue weighted by atomic mass is 10.1. The lowest BCUT2D eigenvalue weighted by Gasteiger charge is -1.99. The molecule has 0 spiro atoms. The van der Waals surface area contributed by atoms with Gasteiger partial charge in [0.1, 0.15) is 11.6 Å². The van der Waals surface area contributed by atoms with Crippen LogP contribution in [0.3, 0.4) is 0 Å². The van der Waals surface area contributed by atoms with E-state index in [1.54, 1.807) is 30.3 Å². The molecule has 86 valence electrons. The minimum Gasteiger partial charge on any atom is -0.465 e. The van der Waals surface area contributed by atoms with Crippen molar-refractivity contribution >= 4 is 17.8 Å². The molecule has 0 aliphatic heterocycles. The Kier molecular flexibility index (Phi) is 4.18. The van der Waals surface area contributed by atoms with E-state index in [4.69, 9.17) is 5.26 Å². The normalized spacial score (nSPS) is 10.5. The molecule has 0 aliphatic carbocycles. The topological polar surface area (TPSA) is 67.2 Å². The molecule has 0 amide bonds. The summed E-state index contributed by atoms with van der Waals surface area (Å²) in [6.45, 7) is 1.45. The van der Waals surface area contributed by atoms with Gasteiger partial charge in [-0.25, -0.2) is 4.79 Å². The number of nitrogens with zero attached hydrogens (tertiary/aromatic N) is 1. The third kappa shape index (κ3) is 3.28. The van der Waals surface area contributed by atoms with E-state index in [1.165, 1.54) is 20.1 Å². The van der Waals surface area contributed by atoms with Gasteiger partial charge in [-0.05, 0) is 24.6 Å². The number of methoxy groups -OCH3 is 1. The first kappa shape index (κ1) is 12.7. The van der Waals surface area contributed by atoms with Gasteiger partial charge >= 0.3 is 5.97 Å². The van der Waals surface area contributed by atoms with Crippen molar-refractivity contribution in [1.29, 1.82) is 5.26 Å². The van der Waals surface area contributed by atoms with Crippen LogP contribution in [0.4, 0.5) is 0 Å². The molecule has 0 N–H and O–H groups in total. The highest BCUT2D eigenvalue weighted by atomic mass is 16.5.